The molecule has 0 aromatic heterocycles. The van der Waals surface area contributed by atoms with Gasteiger partial charge in [-0.3, -0.25) is 0 Å². The maximum Gasteiger partial charge on any atom is 0.335 e. The van der Waals surface area contributed by atoms with E-state index in [0.717, 1.165) is 4.90 Å². The maximum absolute atomic E-state index is 10.5. The second kappa shape index (κ2) is 3.54. The van der Waals surface area contributed by atoms with Gasteiger partial charge >= 0.3 is 5.97 Å². The van der Waals surface area contributed by atoms with Gasteiger partial charge in [0.15, 0.2) is 0 Å². The summed E-state index contributed by atoms with van der Waals surface area (Å²) < 4.78 is 0. The van der Waals surface area contributed by atoms with Crippen LogP contribution in [0.3, 0.4) is 0 Å². The van der Waals surface area contributed by atoms with Crippen molar-refractivity contribution < 1.29 is 9.90 Å². The third-order valence-corrected chi connectivity index (χ3v) is 2.58. The zero-order chi connectivity index (χ0) is 9.14. The second-order valence-electron chi connectivity index (χ2n) is 2.47. The molecule has 1 rings (SSSR count). The van der Waals surface area contributed by atoms with Crippen molar-refractivity contribution in [3.05, 3.63) is 29.8 Å². The predicted molar refractivity (Wildman–Crippen MR) is 52.3 cm³/mol. The van der Waals surface area contributed by atoms with Gasteiger partial charge in [-0.1, -0.05) is 5.87 Å². The molecule has 0 aliphatic carbocycles. The van der Waals surface area contributed by atoms with Crippen LogP contribution in [-0.4, -0.2) is 23.2 Å². The van der Waals surface area contributed by atoms with E-state index in [2.05, 4.69) is 5.87 Å². The molecule has 0 saturated carbocycles. The normalized spacial score (nSPS) is 12.4. The van der Waals surface area contributed by atoms with Crippen molar-refractivity contribution in [2.75, 3.05) is 6.26 Å². The van der Waals surface area contributed by atoms with Crippen molar-refractivity contribution in [2.24, 2.45) is 0 Å². The fourth-order valence-electron chi connectivity index (χ4n) is 0.830. The summed E-state index contributed by atoms with van der Waals surface area (Å²) in [5, 5.41) is 8.60. The smallest absolute Gasteiger partial charge is 0.335 e. The Morgan fingerprint density at radius 2 is 1.92 bits per heavy atom. The van der Waals surface area contributed by atoms with Crippen LogP contribution in [-0.2, 0) is 0 Å². The summed E-state index contributed by atoms with van der Waals surface area (Å²) in [7, 11) is -0.0434. The van der Waals surface area contributed by atoms with Crippen LogP contribution in [0.5, 0.6) is 0 Å². The molecule has 12 heavy (non-hydrogen) atoms. The fraction of sp³-hybridized carbons (Fsp3) is 0.111. The highest BCUT2D eigenvalue weighted by atomic mass is 32.2. The summed E-state index contributed by atoms with van der Waals surface area (Å²) in [5.41, 5.74) is 0.323. The Bertz CT molecular complexity index is 281. The van der Waals surface area contributed by atoms with Gasteiger partial charge in [0.2, 0.25) is 0 Å². The standard InChI is InChI=1S/C9H10O2S/c1-12(2)8-5-3-7(4-6-8)9(10)11/h3-6H,1H2,2H3,(H,10,11). The SMILES string of the molecule is C=S(C)c1ccc(C(=O)O)cc1. The number of carboxylic acids is 1. The number of carboxylic acid groups (broad SMARTS) is 1. The highest BCUT2D eigenvalue weighted by molar-refractivity contribution is 8.13. The molecule has 1 aromatic carbocycles. The van der Waals surface area contributed by atoms with E-state index in [1.807, 2.05) is 6.26 Å². The van der Waals surface area contributed by atoms with Crippen LogP contribution in [0.1, 0.15) is 10.4 Å². The number of hydrogen-bond donors (Lipinski definition) is 1. The zero-order valence-corrected chi connectivity index (χ0v) is 7.60. The van der Waals surface area contributed by atoms with Crippen LogP contribution in [0.15, 0.2) is 29.2 Å². The lowest BCUT2D eigenvalue weighted by molar-refractivity contribution is 0.0697. The number of carbonyl (C=O) groups is 1. The highest BCUT2D eigenvalue weighted by Crippen LogP contribution is 2.20. The molecule has 0 aliphatic heterocycles. The molecule has 1 unspecified atom stereocenters. The molecule has 0 bridgehead atoms. The van der Waals surface area contributed by atoms with Crippen LogP contribution in [0, 0.1) is 0 Å². The Kier molecular flexibility index (Phi) is 2.65. The first-order valence-corrected chi connectivity index (χ1v) is 5.20. The Labute approximate surface area is 73.8 Å². The van der Waals surface area contributed by atoms with Crippen molar-refractivity contribution in [1.82, 2.24) is 0 Å². The van der Waals surface area contributed by atoms with E-state index >= 15 is 0 Å². The molecule has 0 amide bonds. The van der Waals surface area contributed by atoms with E-state index < -0.39 is 5.97 Å². The van der Waals surface area contributed by atoms with Gasteiger partial charge in [-0.25, -0.2) is 4.79 Å². The monoisotopic (exact) mass is 182 g/mol. The minimum Gasteiger partial charge on any atom is -0.478 e. The summed E-state index contributed by atoms with van der Waals surface area (Å²) in [6, 6.07) is 6.82. The molecule has 1 N–H and O–H groups in total. The topological polar surface area (TPSA) is 37.3 Å². The van der Waals surface area contributed by atoms with Crippen LogP contribution in [0.4, 0.5) is 0 Å². The van der Waals surface area contributed by atoms with Gasteiger partial charge in [0.1, 0.15) is 0 Å². The molecule has 0 spiro atoms. The second-order valence-corrected chi connectivity index (χ2v) is 4.21. The first-order valence-electron chi connectivity index (χ1n) is 3.40. The lowest BCUT2D eigenvalue weighted by Gasteiger charge is -2.00. The van der Waals surface area contributed by atoms with Crippen LogP contribution in [0.2, 0.25) is 0 Å². The minimum absolute atomic E-state index is 0.0434. The molecular weight excluding hydrogens is 172 g/mol. The first-order chi connectivity index (χ1) is 5.61. The van der Waals surface area contributed by atoms with Crippen LogP contribution >= 0.6 is 10.5 Å². The van der Waals surface area contributed by atoms with Gasteiger partial charge in [-0.05, 0) is 30.5 Å². The van der Waals surface area contributed by atoms with E-state index in [0.29, 0.717) is 5.56 Å². The molecule has 1 atom stereocenters. The van der Waals surface area contributed by atoms with E-state index in [4.69, 9.17) is 5.11 Å². The molecule has 2 nitrogen and oxygen atoms in total. The molecule has 0 radical (unpaired) electrons. The first kappa shape index (κ1) is 9.00. The van der Waals surface area contributed by atoms with Crippen molar-refractivity contribution in [1.29, 1.82) is 0 Å². The van der Waals surface area contributed by atoms with Gasteiger partial charge in [0.05, 0.1) is 5.56 Å². The number of aromatic carboxylic acids is 1. The Hall–Kier alpha value is -1.09. The molecule has 64 valence electrons. The fourth-order valence-corrected chi connectivity index (χ4v) is 1.43. The van der Waals surface area contributed by atoms with Gasteiger partial charge in [0, 0.05) is 4.90 Å². The summed E-state index contributed by atoms with van der Waals surface area (Å²) >= 11 is 0. The Morgan fingerprint density at radius 3 is 2.25 bits per heavy atom. The Morgan fingerprint density at radius 1 is 1.42 bits per heavy atom. The number of hydrogen-bond acceptors (Lipinski definition) is 1. The van der Waals surface area contributed by atoms with Gasteiger partial charge in [-0.2, -0.15) is 10.5 Å². The molecule has 0 saturated heterocycles. The van der Waals surface area contributed by atoms with Crippen molar-refractivity contribution in [3.63, 3.8) is 0 Å². The lowest BCUT2D eigenvalue weighted by atomic mass is 10.2. The summed E-state index contributed by atoms with van der Waals surface area (Å²) in [6.07, 6.45) is 2.00. The average Bonchev–Trinajstić information content (AvgIpc) is 2.04. The van der Waals surface area contributed by atoms with E-state index in [1.54, 1.807) is 24.3 Å². The van der Waals surface area contributed by atoms with E-state index in [1.165, 1.54) is 0 Å². The van der Waals surface area contributed by atoms with Gasteiger partial charge < -0.3 is 5.11 Å². The molecule has 0 aliphatic rings. The maximum atomic E-state index is 10.5. The van der Waals surface area contributed by atoms with Gasteiger partial charge in [-0.15, -0.1) is 0 Å². The van der Waals surface area contributed by atoms with Crippen molar-refractivity contribution in [2.45, 2.75) is 4.90 Å². The molecule has 1 aromatic rings. The number of rotatable bonds is 2. The highest BCUT2D eigenvalue weighted by Gasteiger charge is 2.00. The molecular formula is C9H10O2S. The van der Waals surface area contributed by atoms with Crippen molar-refractivity contribution in [3.8, 4) is 0 Å². The summed E-state index contributed by atoms with van der Waals surface area (Å²) in [5.74, 6) is 2.98. The van der Waals surface area contributed by atoms with Crippen molar-refractivity contribution >= 4 is 22.3 Å². The predicted octanol–water partition coefficient (Wildman–Crippen LogP) is 2.07. The summed E-state index contributed by atoms with van der Waals surface area (Å²) in [6.45, 7) is 0. The third kappa shape index (κ3) is 1.95. The molecule has 0 heterocycles. The van der Waals surface area contributed by atoms with Gasteiger partial charge in [0.25, 0.3) is 0 Å². The molecule has 0 fully saturated rings. The largest absolute Gasteiger partial charge is 0.478 e. The lowest BCUT2D eigenvalue weighted by Crippen LogP contribution is -1.94. The van der Waals surface area contributed by atoms with Crippen LogP contribution < -0.4 is 0 Å². The average molecular weight is 182 g/mol. The third-order valence-electron chi connectivity index (χ3n) is 1.50. The summed E-state index contributed by atoms with van der Waals surface area (Å²) in [4.78, 5) is 11.6. The quantitative estimate of drug-likeness (QED) is 0.711. The van der Waals surface area contributed by atoms with E-state index in [9.17, 15) is 4.79 Å². The number of benzene rings is 1. The van der Waals surface area contributed by atoms with Crippen LogP contribution in [0.25, 0.3) is 0 Å². The zero-order valence-electron chi connectivity index (χ0n) is 6.78. The molecule has 3 heteroatoms. The Balaban J connectivity index is 3.01. The van der Waals surface area contributed by atoms with E-state index in [-0.39, 0.29) is 10.5 Å². The minimum atomic E-state index is -0.887.